The molecule has 0 bridgehead atoms. The fourth-order valence-corrected chi connectivity index (χ4v) is 4.67. The molecule has 2 heterocycles. The van der Waals surface area contributed by atoms with Crippen LogP contribution in [0.5, 0.6) is 0 Å². The van der Waals surface area contributed by atoms with Crippen molar-refractivity contribution in [1.82, 2.24) is 15.0 Å². The molecule has 9 nitrogen and oxygen atoms in total. The van der Waals surface area contributed by atoms with E-state index in [1.54, 1.807) is 24.3 Å². The van der Waals surface area contributed by atoms with Gasteiger partial charge < -0.3 is 26.0 Å². The molecule has 0 saturated heterocycles. The number of hydrogen-bond acceptors (Lipinski definition) is 8. The van der Waals surface area contributed by atoms with Gasteiger partial charge in [-0.05, 0) is 43.7 Å². The van der Waals surface area contributed by atoms with Crippen molar-refractivity contribution >= 4 is 39.8 Å². The molecule has 4 aromatic rings. The number of aryl methyl sites for hydroxylation is 1. The molecule has 2 amide bonds. The Labute approximate surface area is 218 Å². The summed E-state index contributed by atoms with van der Waals surface area (Å²) in [4.78, 5) is 28.1. The number of nitrogen functional groups attached to an aromatic ring is 1. The van der Waals surface area contributed by atoms with Crippen LogP contribution in [0, 0.1) is 12.7 Å². The van der Waals surface area contributed by atoms with E-state index in [9.17, 15) is 4.79 Å². The average Bonchev–Trinajstić information content (AvgIpc) is 3.31. The molecule has 37 heavy (non-hydrogen) atoms. The van der Waals surface area contributed by atoms with E-state index in [0.29, 0.717) is 46.8 Å². The van der Waals surface area contributed by atoms with E-state index in [2.05, 4.69) is 20.6 Å². The zero-order valence-electron chi connectivity index (χ0n) is 20.8. The predicted octanol–water partition coefficient (Wildman–Crippen LogP) is 5.41. The maximum Gasteiger partial charge on any atom is 0.323 e. The predicted molar refractivity (Wildman–Crippen MR) is 147 cm³/mol. The number of nitrogens with one attached hydrogen (secondary N) is 2. The van der Waals surface area contributed by atoms with Gasteiger partial charge in [-0.1, -0.05) is 35.6 Å². The van der Waals surface area contributed by atoms with Crippen molar-refractivity contribution in [3.63, 3.8) is 0 Å². The van der Waals surface area contributed by atoms with E-state index in [1.165, 1.54) is 23.6 Å². The number of urea groups is 1. The van der Waals surface area contributed by atoms with Crippen molar-refractivity contribution in [2.75, 3.05) is 48.1 Å². The first-order valence-corrected chi connectivity index (χ1v) is 12.5. The van der Waals surface area contributed by atoms with Gasteiger partial charge in [0.2, 0.25) is 5.95 Å². The minimum absolute atomic E-state index is 0.0375. The number of amides is 2. The van der Waals surface area contributed by atoms with Crippen LogP contribution in [0.25, 0.3) is 21.8 Å². The summed E-state index contributed by atoms with van der Waals surface area (Å²) < 4.78 is 21.3. The van der Waals surface area contributed by atoms with E-state index < -0.39 is 11.8 Å². The van der Waals surface area contributed by atoms with Crippen LogP contribution >= 0.6 is 11.3 Å². The van der Waals surface area contributed by atoms with Gasteiger partial charge in [-0.25, -0.2) is 24.1 Å². The first kappa shape index (κ1) is 26.0. The number of nitrogens with two attached hydrogens (primary N) is 1. The van der Waals surface area contributed by atoms with Crippen LogP contribution in [0.15, 0.2) is 54.7 Å². The monoisotopic (exact) mass is 521 g/mol. The van der Waals surface area contributed by atoms with Gasteiger partial charge in [-0.2, -0.15) is 0 Å². The van der Waals surface area contributed by atoms with E-state index in [1.807, 2.05) is 44.0 Å². The number of thiazole rings is 1. The maximum atomic E-state index is 15.8. The quantitative estimate of drug-likeness (QED) is 0.252. The van der Waals surface area contributed by atoms with Crippen LogP contribution in [0.1, 0.15) is 12.5 Å². The van der Waals surface area contributed by atoms with Crippen LogP contribution in [0.4, 0.5) is 31.6 Å². The van der Waals surface area contributed by atoms with Crippen molar-refractivity contribution in [3.8, 4) is 21.8 Å². The molecule has 0 atom stereocenters. The molecule has 192 valence electrons. The third-order valence-corrected chi connectivity index (χ3v) is 6.60. The topological polar surface area (TPSA) is 118 Å². The highest BCUT2D eigenvalue weighted by atomic mass is 32.1. The minimum Gasteiger partial charge on any atom is -0.380 e. The molecule has 0 saturated carbocycles. The van der Waals surface area contributed by atoms with Crippen LogP contribution in [0.2, 0.25) is 0 Å². The molecule has 2 aromatic heterocycles. The Bertz CT molecular complexity index is 1400. The Hall–Kier alpha value is -4.09. The van der Waals surface area contributed by atoms with Crippen molar-refractivity contribution in [1.29, 1.82) is 0 Å². The highest BCUT2D eigenvalue weighted by Crippen LogP contribution is 2.41. The Morgan fingerprint density at radius 2 is 1.97 bits per heavy atom. The van der Waals surface area contributed by atoms with Gasteiger partial charge in [-0.3, -0.25) is 0 Å². The third-order valence-electron chi connectivity index (χ3n) is 5.40. The second kappa shape index (κ2) is 11.8. The lowest BCUT2D eigenvalue weighted by Gasteiger charge is -2.15. The number of carbonyl (C=O) groups is 1. The number of nitrogens with zero attached hydrogens (tertiary/aromatic N) is 4. The van der Waals surface area contributed by atoms with Crippen LogP contribution in [-0.2, 0) is 4.74 Å². The SMILES string of the molecule is CCOCCN(C)c1nc(-c2ccnc(N)n2)c(-c2cccc(NC(=O)Nc3cccc(C)c3)c2F)s1. The second-order valence-corrected chi connectivity index (χ2v) is 9.19. The molecule has 0 fully saturated rings. The summed E-state index contributed by atoms with van der Waals surface area (Å²) in [6, 6.07) is 13.3. The molecule has 0 aliphatic rings. The summed E-state index contributed by atoms with van der Waals surface area (Å²) in [6.45, 7) is 5.61. The number of benzene rings is 2. The first-order chi connectivity index (χ1) is 17.9. The molecule has 11 heteroatoms. The minimum atomic E-state index is -0.586. The summed E-state index contributed by atoms with van der Waals surface area (Å²) in [6.07, 6.45) is 1.53. The Kier molecular flexibility index (Phi) is 8.26. The van der Waals surface area contributed by atoms with Crippen molar-refractivity contribution in [2.45, 2.75) is 13.8 Å². The number of ether oxygens (including phenoxy) is 1. The number of aromatic nitrogens is 3. The molecule has 0 unspecified atom stereocenters. The summed E-state index contributed by atoms with van der Waals surface area (Å²) in [7, 11) is 1.89. The van der Waals surface area contributed by atoms with Gasteiger partial charge in [0.25, 0.3) is 0 Å². The number of hydrogen-bond donors (Lipinski definition) is 3. The lowest BCUT2D eigenvalue weighted by atomic mass is 10.1. The molecule has 2 aromatic carbocycles. The average molecular weight is 522 g/mol. The summed E-state index contributed by atoms with van der Waals surface area (Å²) >= 11 is 1.32. The smallest absolute Gasteiger partial charge is 0.323 e. The van der Waals surface area contributed by atoms with Crippen molar-refractivity contribution in [2.24, 2.45) is 0 Å². The van der Waals surface area contributed by atoms with Crippen LogP contribution in [0.3, 0.4) is 0 Å². The largest absolute Gasteiger partial charge is 0.380 e. The zero-order valence-corrected chi connectivity index (χ0v) is 21.6. The second-order valence-electron chi connectivity index (χ2n) is 8.21. The Morgan fingerprint density at radius 3 is 2.73 bits per heavy atom. The molecule has 0 aliphatic carbocycles. The fraction of sp³-hybridized carbons (Fsp3) is 0.231. The molecular formula is C26H28FN7O2S. The van der Waals surface area contributed by atoms with Crippen LogP contribution < -0.4 is 21.3 Å². The number of rotatable bonds is 9. The van der Waals surface area contributed by atoms with Gasteiger partial charge in [0.15, 0.2) is 10.9 Å². The number of likely N-dealkylation sites (N-methyl/N-ethyl adjacent to an activating group) is 1. The number of halogens is 1. The lowest BCUT2D eigenvalue weighted by molar-refractivity contribution is 0.154. The molecular weight excluding hydrogens is 493 g/mol. The van der Waals surface area contributed by atoms with E-state index in [-0.39, 0.29) is 17.2 Å². The van der Waals surface area contributed by atoms with Crippen molar-refractivity contribution < 1.29 is 13.9 Å². The highest BCUT2D eigenvalue weighted by molar-refractivity contribution is 7.19. The third kappa shape index (κ3) is 6.38. The number of anilines is 4. The summed E-state index contributed by atoms with van der Waals surface area (Å²) in [5, 5.41) is 6.00. The van der Waals surface area contributed by atoms with E-state index in [0.717, 1.165) is 5.56 Å². The molecule has 4 N–H and O–H groups in total. The van der Waals surface area contributed by atoms with E-state index in [4.69, 9.17) is 15.5 Å². The maximum absolute atomic E-state index is 15.8. The molecule has 4 rings (SSSR count). The standard InChI is InChI=1S/C26H28FN7O2S/c1-4-36-14-13-34(3)26-33-22(20-11-12-29-24(28)31-20)23(37-26)18-9-6-10-19(21(18)27)32-25(35)30-17-8-5-7-16(2)15-17/h5-12,15H,4,13-14H2,1-3H3,(H2,28,29,31)(H2,30,32,35). The summed E-state index contributed by atoms with van der Waals surface area (Å²) in [5.41, 5.74) is 8.68. The summed E-state index contributed by atoms with van der Waals surface area (Å²) in [5.74, 6) is -0.497. The van der Waals surface area contributed by atoms with Gasteiger partial charge in [0.1, 0.15) is 5.69 Å². The van der Waals surface area contributed by atoms with E-state index >= 15 is 4.39 Å². The Balaban J connectivity index is 1.67. The zero-order chi connectivity index (χ0) is 26.4. The van der Waals surface area contributed by atoms with Crippen LogP contribution in [-0.4, -0.2) is 47.8 Å². The van der Waals surface area contributed by atoms with Gasteiger partial charge in [0.05, 0.1) is 22.9 Å². The first-order valence-electron chi connectivity index (χ1n) is 11.7. The fourth-order valence-electron chi connectivity index (χ4n) is 3.59. The lowest BCUT2D eigenvalue weighted by Crippen LogP contribution is -2.22. The molecule has 0 spiro atoms. The normalized spacial score (nSPS) is 10.8. The van der Waals surface area contributed by atoms with Crippen molar-refractivity contribution in [3.05, 3.63) is 66.1 Å². The highest BCUT2D eigenvalue weighted by Gasteiger charge is 2.22. The van der Waals surface area contributed by atoms with Gasteiger partial charge in [0, 0.05) is 37.6 Å². The molecule has 0 aliphatic heterocycles. The van der Waals surface area contributed by atoms with Gasteiger partial charge >= 0.3 is 6.03 Å². The van der Waals surface area contributed by atoms with Gasteiger partial charge in [-0.15, -0.1) is 0 Å². The Morgan fingerprint density at radius 1 is 1.16 bits per heavy atom. The number of carbonyl (C=O) groups excluding carboxylic acids is 1. The molecule has 0 radical (unpaired) electrons.